The van der Waals surface area contributed by atoms with Gasteiger partial charge in [0.25, 0.3) is 0 Å². The van der Waals surface area contributed by atoms with Crippen LogP contribution in [0.25, 0.3) is 0 Å². The second-order valence-electron chi connectivity index (χ2n) is 4.10. The van der Waals surface area contributed by atoms with Crippen LogP contribution in [0, 0.1) is 6.92 Å². The van der Waals surface area contributed by atoms with Gasteiger partial charge in [0.2, 0.25) is 5.91 Å². The molecule has 5 nitrogen and oxygen atoms in total. The number of anilines is 1. The number of carbonyl (C=O) groups excluding carboxylic acids is 2. The van der Waals surface area contributed by atoms with Crippen molar-refractivity contribution in [3.05, 3.63) is 29.8 Å². The third-order valence-electron chi connectivity index (χ3n) is 2.67. The van der Waals surface area contributed by atoms with E-state index >= 15 is 0 Å². The Morgan fingerprint density at radius 2 is 2.00 bits per heavy atom. The minimum atomic E-state index is -0.462. The van der Waals surface area contributed by atoms with E-state index in [0.717, 1.165) is 11.3 Å². The number of nitrogens with zero attached hydrogens (tertiary/aromatic N) is 1. The predicted molar refractivity (Wildman–Crippen MR) is 74.2 cm³/mol. The predicted octanol–water partition coefficient (Wildman–Crippen LogP) is 2.09. The summed E-state index contributed by atoms with van der Waals surface area (Å²) in [4.78, 5) is 24.5. The minimum Gasteiger partial charge on any atom is -0.450 e. The molecule has 1 N–H and O–H groups in total. The van der Waals surface area contributed by atoms with E-state index in [4.69, 9.17) is 4.74 Å². The molecule has 0 bridgehead atoms. The van der Waals surface area contributed by atoms with Crippen molar-refractivity contribution in [2.75, 3.05) is 24.6 Å². The van der Waals surface area contributed by atoms with Crippen LogP contribution in [0.15, 0.2) is 24.3 Å². The van der Waals surface area contributed by atoms with E-state index in [9.17, 15) is 9.59 Å². The minimum absolute atomic E-state index is 0.0556. The SMILES string of the molecule is CCOC(=O)NCCN(C(C)=O)c1ccccc1C. The van der Waals surface area contributed by atoms with E-state index in [-0.39, 0.29) is 5.91 Å². The number of aryl methyl sites for hydroxylation is 1. The summed E-state index contributed by atoms with van der Waals surface area (Å²) in [6, 6.07) is 7.65. The Hall–Kier alpha value is -2.04. The Kier molecular flexibility index (Phi) is 5.85. The van der Waals surface area contributed by atoms with Gasteiger partial charge in [0.15, 0.2) is 0 Å². The van der Waals surface area contributed by atoms with Gasteiger partial charge >= 0.3 is 6.09 Å². The van der Waals surface area contributed by atoms with Gasteiger partial charge in [-0.2, -0.15) is 0 Å². The van der Waals surface area contributed by atoms with Crippen molar-refractivity contribution < 1.29 is 14.3 Å². The average Bonchev–Trinajstić information content (AvgIpc) is 2.36. The summed E-state index contributed by atoms with van der Waals surface area (Å²) in [7, 11) is 0. The van der Waals surface area contributed by atoms with Crippen molar-refractivity contribution in [3.8, 4) is 0 Å². The highest BCUT2D eigenvalue weighted by Crippen LogP contribution is 2.18. The Morgan fingerprint density at radius 3 is 2.58 bits per heavy atom. The zero-order valence-corrected chi connectivity index (χ0v) is 11.6. The molecule has 19 heavy (non-hydrogen) atoms. The summed E-state index contributed by atoms with van der Waals surface area (Å²) in [5.74, 6) is -0.0556. The highest BCUT2D eigenvalue weighted by atomic mass is 16.5. The molecule has 5 heteroatoms. The van der Waals surface area contributed by atoms with Crippen LogP contribution in [-0.4, -0.2) is 31.7 Å². The lowest BCUT2D eigenvalue weighted by molar-refractivity contribution is -0.116. The Bertz CT molecular complexity index is 446. The number of rotatable bonds is 5. The number of carbonyl (C=O) groups is 2. The summed E-state index contributed by atoms with van der Waals surface area (Å²) in [5.41, 5.74) is 1.88. The molecule has 0 heterocycles. The van der Waals surface area contributed by atoms with Gasteiger partial charge in [-0.25, -0.2) is 4.79 Å². The molecule has 0 saturated carbocycles. The number of hydrogen-bond acceptors (Lipinski definition) is 3. The van der Waals surface area contributed by atoms with Crippen LogP contribution in [0.1, 0.15) is 19.4 Å². The summed E-state index contributed by atoms with van der Waals surface area (Å²) >= 11 is 0. The van der Waals surface area contributed by atoms with E-state index in [0.29, 0.717) is 19.7 Å². The molecule has 2 amide bonds. The standard InChI is InChI=1S/C14H20N2O3/c1-4-19-14(18)15-9-10-16(12(3)17)13-8-6-5-7-11(13)2/h5-8H,4,9-10H2,1-3H3,(H,15,18). The van der Waals surface area contributed by atoms with Gasteiger partial charge in [-0.15, -0.1) is 0 Å². The van der Waals surface area contributed by atoms with Gasteiger partial charge in [0.1, 0.15) is 0 Å². The zero-order valence-electron chi connectivity index (χ0n) is 11.6. The number of hydrogen-bond donors (Lipinski definition) is 1. The fraction of sp³-hybridized carbons (Fsp3) is 0.429. The Balaban J connectivity index is 2.63. The molecule has 1 aromatic carbocycles. The van der Waals surface area contributed by atoms with Crippen LogP contribution in [0.3, 0.4) is 0 Å². The number of benzene rings is 1. The van der Waals surface area contributed by atoms with Crippen molar-refractivity contribution in [2.45, 2.75) is 20.8 Å². The van der Waals surface area contributed by atoms with Crippen molar-refractivity contribution in [2.24, 2.45) is 0 Å². The van der Waals surface area contributed by atoms with Crippen LogP contribution in [-0.2, 0) is 9.53 Å². The molecule has 0 aliphatic rings. The second-order valence-corrected chi connectivity index (χ2v) is 4.10. The first-order valence-corrected chi connectivity index (χ1v) is 6.30. The fourth-order valence-electron chi connectivity index (χ4n) is 1.77. The summed E-state index contributed by atoms with van der Waals surface area (Å²) in [6.45, 7) is 6.31. The molecule has 1 rings (SSSR count). The quantitative estimate of drug-likeness (QED) is 0.886. The van der Waals surface area contributed by atoms with Gasteiger partial charge in [-0.05, 0) is 25.5 Å². The molecule has 1 aromatic rings. The third-order valence-corrected chi connectivity index (χ3v) is 2.67. The zero-order chi connectivity index (χ0) is 14.3. The van der Waals surface area contributed by atoms with E-state index in [1.807, 2.05) is 31.2 Å². The maximum atomic E-state index is 11.7. The van der Waals surface area contributed by atoms with Crippen LogP contribution in [0.4, 0.5) is 10.5 Å². The molecule has 0 atom stereocenters. The molecule has 104 valence electrons. The molecular weight excluding hydrogens is 244 g/mol. The van der Waals surface area contributed by atoms with Gasteiger partial charge in [-0.1, -0.05) is 18.2 Å². The maximum Gasteiger partial charge on any atom is 0.407 e. The first kappa shape index (κ1) is 15.0. The largest absolute Gasteiger partial charge is 0.450 e. The lowest BCUT2D eigenvalue weighted by Crippen LogP contribution is -2.38. The normalized spacial score (nSPS) is 9.84. The van der Waals surface area contributed by atoms with Gasteiger partial charge in [0.05, 0.1) is 6.61 Å². The third kappa shape index (κ3) is 4.62. The average molecular weight is 264 g/mol. The topological polar surface area (TPSA) is 58.6 Å². The fourth-order valence-corrected chi connectivity index (χ4v) is 1.77. The van der Waals surface area contributed by atoms with E-state index in [2.05, 4.69) is 5.32 Å². The van der Waals surface area contributed by atoms with Crippen LogP contribution in [0.2, 0.25) is 0 Å². The summed E-state index contributed by atoms with van der Waals surface area (Å²) in [5, 5.41) is 2.60. The molecule has 0 aromatic heterocycles. The number of ether oxygens (including phenoxy) is 1. The van der Waals surface area contributed by atoms with Crippen molar-refractivity contribution in [3.63, 3.8) is 0 Å². The van der Waals surface area contributed by atoms with Crippen LogP contribution in [0.5, 0.6) is 0 Å². The van der Waals surface area contributed by atoms with E-state index in [1.165, 1.54) is 6.92 Å². The molecule has 0 aliphatic heterocycles. The molecule has 0 radical (unpaired) electrons. The number of alkyl carbamates (subject to hydrolysis) is 1. The van der Waals surface area contributed by atoms with Crippen LogP contribution < -0.4 is 10.2 Å². The number of nitrogens with one attached hydrogen (secondary N) is 1. The number of para-hydroxylation sites is 1. The molecule has 0 aliphatic carbocycles. The molecule has 0 unspecified atom stereocenters. The lowest BCUT2D eigenvalue weighted by Gasteiger charge is -2.23. The summed E-state index contributed by atoms with van der Waals surface area (Å²) < 4.78 is 4.76. The Labute approximate surface area is 113 Å². The van der Waals surface area contributed by atoms with Crippen molar-refractivity contribution in [1.82, 2.24) is 5.32 Å². The molecular formula is C14H20N2O3. The molecule has 0 spiro atoms. The van der Waals surface area contributed by atoms with E-state index < -0.39 is 6.09 Å². The highest BCUT2D eigenvalue weighted by Gasteiger charge is 2.13. The smallest absolute Gasteiger partial charge is 0.407 e. The van der Waals surface area contributed by atoms with E-state index in [1.54, 1.807) is 11.8 Å². The first-order valence-electron chi connectivity index (χ1n) is 6.30. The van der Waals surface area contributed by atoms with Crippen molar-refractivity contribution in [1.29, 1.82) is 0 Å². The molecule has 0 saturated heterocycles. The van der Waals surface area contributed by atoms with Gasteiger partial charge in [-0.3, -0.25) is 4.79 Å². The van der Waals surface area contributed by atoms with Crippen molar-refractivity contribution >= 4 is 17.7 Å². The Morgan fingerprint density at radius 1 is 1.32 bits per heavy atom. The van der Waals surface area contributed by atoms with Gasteiger partial charge < -0.3 is 15.0 Å². The summed E-state index contributed by atoms with van der Waals surface area (Å²) in [6.07, 6.45) is -0.462. The lowest BCUT2D eigenvalue weighted by atomic mass is 10.2. The monoisotopic (exact) mass is 264 g/mol. The van der Waals surface area contributed by atoms with Gasteiger partial charge in [0, 0.05) is 25.7 Å². The maximum absolute atomic E-state index is 11.7. The highest BCUT2D eigenvalue weighted by molar-refractivity contribution is 5.92. The number of amides is 2. The van der Waals surface area contributed by atoms with Crippen LogP contribution >= 0.6 is 0 Å². The molecule has 0 fully saturated rings. The first-order chi connectivity index (χ1) is 9.06. The second kappa shape index (κ2) is 7.41.